The first kappa shape index (κ1) is 16.8. The van der Waals surface area contributed by atoms with E-state index in [0.29, 0.717) is 28.4 Å². The maximum atomic E-state index is 12.4. The number of hydrogen-bond donors (Lipinski definition) is 2. The molecule has 1 fully saturated rings. The van der Waals surface area contributed by atoms with Gasteiger partial charge in [-0.3, -0.25) is 9.59 Å². The maximum Gasteiger partial charge on any atom is 0.255 e. The summed E-state index contributed by atoms with van der Waals surface area (Å²) in [6, 6.07) is 12.0. The van der Waals surface area contributed by atoms with Crippen LogP contribution in [0.25, 0.3) is 0 Å². The van der Waals surface area contributed by atoms with Gasteiger partial charge in [0.15, 0.2) is 11.5 Å². The van der Waals surface area contributed by atoms with Crippen LogP contribution in [0.4, 0.5) is 11.4 Å². The van der Waals surface area contributed by atoms with E-state index < -0.39 is 0 Å². The summed E-state index contributed by atoms with van der Waals surface area (Å²) in [4.78, 5) is 24.3. The lowest BCUT2D eigenvalue weighted by molar-refractivity contribution is -0.117. The molecule has 2 N–H and O–H groups in total. The van der Waals surface area contributed by atoms with Crippen LogP contribution in [0.1, 0.15) is 23.2 Å². The lowest BCUT2D eigenvalue weighted by Gasteiger charge is -2.11. The molecule has 25 heavy (non-hydrogen) atoms. The molecule has 130 valence electrons. The molecule has 2 aromatic carbocycles. The second-order valence-electron chi connectivity index (χ2n) is 5.87. The summed E-state index contributed by atoms with van der Waals surface area (Å²) >= 11 is 0. The third-order valence-corrected chi connectivity index (χ3v) is 3.98. The van der Waals surface area contributed by atoms with Gasteiger partial charge in [-0.15, -0.1) is 0 Å². The lowest BCUT2D eigenvalue weighted by atomic mass is 10.1. The standard InChI is InChI=1S/C19H20N2O4/c1-24-16-9-8-13(10-17(16)25-2)19(23)21-15-5-3-4-14(11-15)20-18(22)12-6-7-12/h3-5,8-12H,6-7H2,1-2H3,(H,20,22)(H,21,23). The van der Waals surface area contributed by atoms with Crippen LogP contribution in [0.2, 0.25) is 0 Å². The number of anilines is 2. The van der Waals surface area contributed by atoms with Crippen LogP contribution >= 0.6 is 0 Å². The fourth-order valence-electron chi connectivity index (χ4n) is 2.45. The summed E-state index contributed by atoms with van der Waals surface area (Å²) in [6.45, 7) is 0. The monoisotopic (exact) mass is 340 g/mol. The lowest BCUT2D eigenvalue weighted by Crippen LogP contribution is -2.15. The Labute approximate surface area is 146 Å². The molecule has 0 spiro atoms. The van der Waals surface area contributed by atoms with Gasteiger partial charge in [0.1, 0.15) is 0 Å². The molecule has 0 radical (unpaired) electrons. The first-order valence-electron chi connectivity index (χ1n) is 8.05. The number of carbonyl (C=O) groups excluding carboxylic acids is 2. The zero-order valence-electron chi connectivity index (χ0n) is 14.2. The molecule has 0 heterocycles. The number of benzene rings is 2. The molecule has 1 aliphatic rings. The van der Waals surface area contributed by atoms with E-state index in [2.05, 4.69) is 10.6 Å². The molecule has 0 atom stereocenters. The van der Waals surface area contributed by atoms with E-state index in [4.69, 9.17) is 9.47 Å². The number of rotatable bonds is 6. The van der Waals surface area contributed by atoms with E-state index in [1.54, 1.807) is 49.6 Å². The molecule has 2 aromatic rings. The molecule has 0 aliphatic heterocycles. The van der Waals surface area contributed by atoms with Gasteiger partial charge in [0, 0.05) is 22.9 Å². The summed E-state index contributed by atoms with van der Waals surface area (Å²) in [5.41, 5.74) is 1.72. The summed E-state index contributed by atoms with van der Waals surface area (Å²) < 4.78 is 10.4. The highest BCUT2D eigenvalue weighted by molar-refractivity contribution is 6.05. The smallest absolute Gasteiger partial charge is 0.255 e. The molecule has 2 amide bonds. The van der Waals surface area contributed by atoms with Gasteiger partial charge in [0.05, 0.1) is 14.2 Å². The van der Waals surface area contributed by atoms with Crippen LogP contribution in [-0.2, 0) is 4.79 Å². The van der Waals surface area contributed by atoms with Crippen molar-refractivity contribution in [2.45, 2.75) is 12.8 Å². The molecular formula is C19H20N2O4. The molecule has 6 nitrogen and oxygen atoms in total. The van der Waals surface area contributed by atoms with Gasteiger partial charge in [0.25, 0.3) is 5.91 Å². The van der Waals surface area contributed by atoms with E-state index in [0.717, 1.165) is 12.8 Å². The van der Waals surface area contributed by atoms with E-state index >= 15 is 0 Å². The van der Waals surface area contributed by atoms with Crippen LogP contribution in [0.15, 0.2) is 42.5 Å². The highest BCUT2D eigenvalue weighted by Gasteiger charge is 2.29. The van der Waals surface area contributed by atoms with Crippen molar-refractivity contribution in [3.8, 4) is 11.5 Å². The summed E-state index contributed by atoms with van der Waals surface area (Å²) in [5, 5.41) is 5.68. The highest BCUT2D eigenvalue weighted by Crippen LogP contribution is 2.31. The summed E-state index contributed by atoms with van der Waals surface area (Å²) in [6.07, 6.45) is 1.89. The molecular weight excluding hydrogens is 320 g/mol. The minimum atomic E-state index is -0.272. The Bertz CT molecular complexity index is 800. The van der Waals surface area contributed by atoms with Crippen LogP contribution in [-0.4, -0.2) is 26.0 Å². The number of amides is 2. The molecule has 1 saturated carbocycles. The number of carbonyl (C=O) groups is 2. The van der Waals surface area contributed by atoms with Crippen molar-refractivity contribution in [2.24, 2.45) is 5.92 Å². The van der Waals surface area contributed by atoms with E-state index in [9.17, 15) is 9.59 Å². The van der Waals surface area contributed by atoms with Crippen molar-refractivity contribution in [1.29, 1.82) is 0 Å². The zero-order valence-corrected chi connectivity index (χ0v) is 14.2. The average molecular weight is 340 g/mol. The quantitative estimate of drug-likeness (QED) is 0.846. The topological polar surface area (TPSA) is 76.7 Å². The fourth-order valence-corrected chi connectivity index (χ4v) is 2.45. The van der Waals surface area contributed by atoms with Crippen molar-refractivity contribution < 1.29 is 19.1 Å². The minimum absolute atomic E-state index is 0.0309. The van der Waals surface area contributed by atoms with Crippen molar-refractivity contribution >= 4 is 23.2 Å². The number of nitrogens with one attached hydrogen (secondary N) is 2. The number of methoxy groups -OCH3 is 2. The van der Waals surface area contributed by atoms with Crippen LogP contribution in [0.5, 0.6) is 11.5 Å². The van der Waals surface area contributed by atoms with Crippen molar-refractivity contribution in [3.63, 3.8) is 0 Å². The third-order valence-electron chi connectivity index (χ3n) is 3.98. The molecule has 6 heteroatoms. The summed E-state index contributed by atoms with van der Waals surface area (Å²) in [5.74, 6) is 0.935. The Morgan fingerprint density at radius 1 is 0.920 bits per heavy atom. The van der Waals surface area contributed by atoms with Gasteiger partial charge >= 0.3 is 0 Å². The van der Waals surface area contributed by atoms with E-state index in [1.807, 2.05) is 0 Å². The first-order valence-corrected chi connectivity index (χ1v) is 8.05. The molecule has 0 bridgehead atoms. The second-order valence-corrected chi connectivity index (χ2v) is 5.87. The Morgan fingerprint density at radius 3 is 2.24 bits per heavy atom. The molecule has 0 aromatic heterocycles. The van der Waals surface area contributed by atoms with Crippen LogP contribution in [0.3, 0.4) is 0 Å². The second kappa shape index (κ2) is 7.25. The predicted molar refractivity (Wildman–Crippen MR) is 95.3 cm³/mol. The highest BCUT2D eigenvalue weighted by atomic mass is 16.5. The van der Waals surface area contributed by atoms with Gasteiger partial charge in [-0.05, 0) is 49.2 Å². The van der Waals surface area contributed by atoms with Crippen molar-refractivity contribution in [2.75, 3.05) is 24.9 Å². The van der Waals surface area contributed by atoms with Gasteiger partial charge < -0.3 is 20.1 Å². The Balaban J connectivity index is 1.71. The maximum absolute atomic E-state index is 12.4. The van der Waals surface area contributed by atoms with Crippen molar-refractivity contribution in [1.82, 2.24) is 0 Å². The van der Waals surface area contributed by atoms with E-state index in [1.165, 1.54) is 7.11 Å². The van der Waals surface area contributed by atoms with Gasteiger partial charge in [-0.25, -0.2) is 0 Å². The fraction of sp³-hybridized carbons (Fsp3) is 0.263. The molecule has 3 rings (SSSR count). The average Bonchev–Trinajstić information content (AvgIpc) is 3.46. The molecule has 0 unspecified atom stereocenters. The Kier molecular flexibility index (Phi) is 4.88. The predicted octanol–water partition coefficient (Wildman–Crippen LogP) is 3.30. The SMILES string of the molecule is COc1ccc(C(=O)Nc2cccc(NC(=O)C3CC3)c2)cc1OC. The van der Waals surface area contributed by atoms with Crippen LogP contribution in [0, 0.1) is 5.92 Å². The third kappa shape index (κ3) is 4.09. The summed E-state index contributed by atoms with van der Waals surface area (Å²) in [7, 11) is 3.06. The van der Waals surface area contributed by atoms with Gasteiger partial charge in [-0.1, -0.05) is 6.07 Å². The normalized spacial score (nSPS) is 13.0. The molecule has 0 saturated heterocycles. The minimum Gasteiger partial charge on any atom is -0.493 e. The number of ether oxygens (including phenoxy) is 2. The Hall–Kier alpha value is -3.02. The van der Waals surface area contributed by atoms with Crippen LogP contribution < -0.4 is 20.1 Å². The van der Waals surface area contributed by atoms with E-state index in [-0.39, 0.29) is 17.7 Å². The van der Waals surface area contributed by atoms with Gasteiger partial charge in [0.2, 0.25) is 5.91 Å². The van der Waals surface area contributed by atoms with Gasteiger partial charge in [-0.2, -0.15) is 0 Å². The molecule has 1 aliphatic carbocycles. The Morgan fingerprint density at radius 2 is 1.60 bits per heavy atom. The first-order chi connectivity index (χ1) is 12.1. The zero-order chi connectivity index (χ0) is 17.8. The van der Waals surface area contributed by atoms with Crippen molar-refractivity contribution in [3.05, 3.63) is 48.0 Å². The number of hydrogen-bond acceptors (Lipinski definition) is 4. The largest absolute Gasteiger partial charge is 0.493 e.